The first-order valence-electron chi connectivity index (χ1n) is 10.4. The molecule has 5 nitrogen and oxygen atoms in total. The van der Waals surface area contributed by atoms with Crippen LogP contribution in [0.25, 0.3) is 39.3 Å². The van der Waals surface area contributed by atoms with Crippen molar-refractivity contribution >= 4 is 39.6 Å². The number of fused-ring (bicyclic) bond motifs is 3. The van der Waals surface area contributed by atoms with E-state index in [0.717, 1.165) is 22.0 Å². The topological polar surface area (TPSA) is 65.1 Å². The van der Waals surface area contributed by atoms with Gasteiger partial charge in [-0.15, -0.1) is 0 Å². The summed E-state index contributed by atoms with van der Waals surface area (Å²) in [7, 11) is 1.92. The molecule has 0 amide bonds. The van der Waals surface area contributed by atoms with Crippen molar-refractivity contribution in [1.82, 2.24) is 9.55 Å². The van der Waals surface area contributed by atoms with Gasteiger partial charge in [0.25, 0.3) is 0 Å². The molecule has 1 aliphatic rings. The van der Waals surface area contributed by atoms with Crippen molar-refractivity contribution in [2.45, 2.75) is 6.92 Å². The Labute approximate surface area is 183 Å². The lowest BCUT2D eigenvalue weighted by atomic mass is 10.0. The summed E-state index contributed by atoms with van der Waals surface area (Å²) < 4.78 is 7.85. The molecule has 0 radical (unpaired) electrons. The highest BCUT2D eigenvalue weighted by molar-refractivity contribution is 6.42. The van der Waals surface area contributed by atoms with Crippen molar-refractivity contribution in [3.63, 3.8) is 0 Å². The van der Waals surface area contributed by atoms with Crippen molar-refractivity contribution in [1.29, 1.82) is 0 Å². The highest BCUT2D eigenvalue weighted by atomic mass is 16.3. The van der Waals surface area contributed by atoms with Gasteiger partial charge in [0, 0.05) is 30.3 Å². The van der Waals surface area contributed by atoms with E-state index in [1.165, 1.54) is 11.6 Å². The molecule has 0 saturated carbocycles. The molecule has 0 saturated heterocycles. The number of Topliss-reactive ketones (excluding diaryl/α,β-unsaturated/α-hetero) is 2. The van der Waals surface area contributed by atoms with E-state index < -0.39 is 0 Å². The third-order valence-electron chi connectivity index (χ3n) is 6.08. The molecule has 6 rings (SSSR count). The molecule has 3 aromatic carbocycles. The second-order valence-electron chi connectivity index (χ2n) is 8.16. The fraction of sp³-hybridized carbons (Fsp3) is 0.0741. The quantitative estimate of drug-likeness (QED) is 0.270. The summed E-state index contributed by atoms with van der Waals surface area (Å²) in [5.41, 5.74) is 5.45. The molecule has 0 fully saturated rings. The van der Waals surface area contributed by atoms with E-state index in [9.17, 15) is 9.59 Å². The molecule has 0 unspecified atom stereocenters. The number of hydrogen-bond acceptors (Lipinski definition) is 4. The summed E-state index contributed by atoms with van der Waals surface area (Å²) in [6.45, 7) is 2.05. The largest absolute Gasteiger partial charge is 0.435 e. The predicted molar refractivity (Wildman–Crippen MR) is 124 cm³/mol. The minimum absolute atomic E-state index is 0.0839. The van der Waals surface area contributed by atoms with Gasteiger partial charge in [-0.05, 0) is 35.4 Å². The van der Waals surface area contributed by atoms with Crippen molar-refractivity contribution in [3.8, 4) is 11.3 Å². The van der Waals surface area contributed by atoms with Gasteiger partial charge in [0.2, 0.25) is 5.89 Å². The van der Waals surface area contributed by atoms with E-state index in [-0.39, 0.29) is 23.0 Å². The number of oxazole rings is 1. The van der Waals surface area contributed by atoms with Gasteiger partial charge in [-0.3, -0.25) is 9.59 Å². The maximum Gasteiger partial charge on any atom is 0.222 e. The summed E-state index contributed by atoms with van der Waals surface area (Å²) in [5.74, 6) is -0.341. The molecule has 2 aromatic heterocycles. The monoisotopic (exact) mass is 418 g/mol. The van der Waals surface area contributed by atoms with E-state index in [1.807, 2.05) is 41.9 Å². The first-order chi connectivity index (χ1) is 15.5. The lowest BCUT2D eigenvalue weighted by Gasteiger charge is -2.03. The Morgan fingerprint density at radius 2 is 1.50 bits per heavy atom. The lowest BCUT2D eigenvalue weighted by molar-refractivity contribution is 0.0990. The van der Waals surface area contributed by atoms with Crippen molar-refractivity contribution in [3.05, 3.63) is 94.9 Å². The normalized spacial score (nSPS) is 13.4. The van der Waals surface area contributed by atoms with E-state index in [0.29, 0.717) is 22.4 Å². The third-order valence-corrected chi connectivity index (χ3v) is 6.08. The maximum atomic E-state index is 13.0. The maximum absolute atomic E-state index is 13.0. The molecule has 0 atom stereocenters. The molecule has 0 aliphatic heterocycles. The first kappa shape index (κ1) is 18.5. The fourth-order valence-corrected chi connectivity index (χ4v) is 4.34. The van der Waals surface area contributed by atoms with Crippen LogP contribution in [0.3, 0.4) is 0 Å². The van der Waals surface area contributed by atoms with Crippen LogP contribution in [0.15, 0.2) is 76.7 Å². The van der Waals surface area contributed by atoms with Crippen LogP contribution in [0.1, 0.15) is 32.2 Å². The minimum atomic E-state index is -0.293. The second-order valence-corrected chi connectivity index (χ2v) is 8.16. The SMILES string of the molecule is Cc1ccc(-c2cc3oc(C=C4C(=O)c5cc6ccccc6cc5C4=O)nc3n2C)cc1. The van der Waals surface area contributed by atoms with Gasteiger partial charge in [0.1, 0.15) is 0 Å². The number of rotatable bonds is 2. The molecular weight excluding hydrogens is 400 g/mol. The van der Waals surface area contributed by atoms with Crippen LogP contribution in [0, 0.1) is 6.92 Å². The Morgan fingerprint density at radius 3 is 2.09 bits per heavy atom. The van der Waals surface area contributed by atoms with Crippen molar-refractivity contribution in [2.24, 2.45) is 7.05 Å². The van der Waals surface area contributed by atoms with E-state index in [4.69, 9.17) is 4.42 Å². The van der Waals surface area contributed by atoms with E-state index >= 15 is 0 Å². The van der Waals surface area contributed by atoms with Gasteiger partial charge in [-0.25, -0.2) is 0 Å². The number of ketones is 2. The molecular formula is C27H18N2O3. The molecule has 5 aromatic rings. The highest BCUT2D eigenvalue weighted by Crippen LogP contribution is 2.33. The number of aromatic nitrogens is 2. The van der Waals surface area contributed by atoms with Gasteiger partial charge in [-0.2, -0.15) is 4.98 Å². The van der Waals surface area contributed by atoms with Crippen molar-refractivity contribution < 1.29 is 14.0 Å². The number of carbonyl (C=O) groups is 2. The average molecular weight is 418 g/mol. The van der Waals surface area contributed by atoms with E-state index in [1.54, 1.807) is 12.1 Å². The molecule has 2 heterocycles. The molecule has 0 spiro atoms. The zero-order chi connectivity index (χ0) is 22.0. The Morgan fingerprint density at radius 1 is 0.875 bits per heavy atom. The van der Waals surface area contributed by atoms with Crippen LogP contribution in [-0.4, -0.2) is 21.1 Å². The van der Waals surface area contributed by atoms with Crippen LogP contribution in [0.5, 0.6) is 0 Å². The smallest absolute Gasteiger partial charge is 0.222 e. The molecule has 32 heavy (non-hydrogen) atoms. The van der Waals surface area contributed by atoms with Gasteiger partial charge >= 0.3 is 0 Å². The summed E-state index contributed by atoms with van der Waals surface area (Å²) in [6, 6.07) is 21.4. The standard InChI is InChI=1S/C27H18N2O3/c1-15-7-9-16(10-8-15)22-14-23-27(29(22)2)28-24(32-23)13-21-25(30)19-11-17-5-3-4-6-18(17)12-20(19)26(21)31/h3-14H,1-2H3. The van der Waals surface area contributed by atoms with Gasteiger partial charge in [0.15, 0.2) is 22.8 Å². The number of allylic oxidation sites excluding steroid dienone is 1. The Balaban J connectivity index is 1.40. The molecule has 0 N–H and O–H groups in total. The van der Waals surface area contributed by atoms with E-state index in [2.05, 4.69) is 36.2 Å². The second kappa shape index (κ2) is 6.62. The Bertz CT molecular complexity index is 1560. The highest BCUT2D eigenvalue weighted by Gasteiger charge is 2.34. The van der Waals surface area contributed by atoms with Gasteiger partial charge in [0.05, 0.1) is 11.3 Å². The van der Waals surface area contributed by atoms with Crippen molar-refractivity contribution in [2.75, 3.05) is 0 Å². The number of carbonyl (C=O) groups excluding carboxylic acids is 2. The Kier molecular flexibility index (Phi) is 3.83. The number of nitrogens with zero attached hydrogens (tertiary/aromatic N) is 2. The Hall–Kier alpha value is -4.25. The summed E-state index contributed by atoms with van der Waals surface area (Å²) in [6.07, 6.45) is 1.46. The molecule has 5 heteroatoms. The zero-order valence-corrected chi connectivity index (χ0v) is 17.5. The van der Waals surface area contributed by atoms with Crippen LogP contribution in [0.4, 0.5) is 0 Å². The fourth-order valence-electron chi connectivity index (χ4n) is 4.34. The van der Waals surface area contributed by atoms with Gasteiger partial charge < -0.3 is 8.98 Å². The van der Waals surface area contributed by atoms with Gasteiger partial charge in [-0.1, -0.05) is 54.1 Å². The molecule has 154 valence electrons. The predicted octanol–water partition coefficient (Wildman–Crippen LogP) is 5.76. The zero-order valence-electron chi connectivity index (χ0n) is 17.5. The van der Waals surface area contributed by atoms with Crippen LogP contribution >= 0.6 is 0 Å². The van der Waals surface area contributed by atoms with Crippen LogP contribution in [0.2, 0.25) is 0 Å². The number of hydrogen-bond donors (Lipinski definition) is 0. The minimum Gasteiger partial charge on any atom is -0.435 e. The number of aryl methyl sites for hydroxylation is 2. The number of benzene rings is 3. The molecule has 1 aliphatic carbocycles. The lowest BCUT2D eigenvalue weighted by Crippen LogP contribution is -2.00. The summed E-state index contributed by atoms with van der Waals surface area (Å²) in [4.78, 5) is 30.5. The third kappa shape index (κ3) is 2.68. The first-order valence-corrected chi connectivity index (χ1v) is 10.4. The summed E-state index contributed by atoms with van der Waals surface area (Å²) in [5, 5.41) is 1.86. The van der Waals surface area contributed by atoms with Crippen LogP contribution < -0.4 is 0 Å². The van der Waals surface area contributed by atoms with Crippen LogP contribution in [-0.2, 0) is 7.05 Å². The summed E-state index contributed by atoms with van der Waals surface area (Å²) >= 11 is 0. The average Bonchev–Trinajstić information content (AvgIpc) is 3.41. The molecule has 0 bridgehead atoms.